The van der Waals surface area contributed by atoms with Crippen LogP contribution in [0.4, 0.5) is 0 Å². The number of hydrogen-bond acceptors (Lipinski definition) is 2. The van der Waals surface area contributed by atoms with Crippen LogP contribution in [0.1, 0.15) is 5.56 Å². The second-order valence-corrected chi connectivity index (χ2v) is 5.44. The first kappa shape index (κ1) is 13.6. The minimum atomic E-state index is 0.470. The van der Waals surface area contributed by atoms with Crippen molar-refractivity contribution in [3.63, 3.8) is 0 Å². The molecule has 0 N–H and O–H groups in total. The standard InChI is InChI=1S/C14H12Cl2OS/c1-17-11-7-8-12(14(16)13(11)15)18-9-10-5-3-2-4-6-10/h2-8H,9H2,1H3. The van der Waals surface area contributed by atoms with Gasteiger partial charge in [0.2, 0.25) is 0 Å². The summed E-state index contributed by atoms with van der Waals surface area (Å²) in [6, 6.07) is 14.0. The van der Waals surface area contributed by atoms with Crippen molar-refractivity contribution in [1.82, 2.24) is 0 Å². The smallest absolute Gasteiger partial charge is 0.139 e. The van der Waals surface area contributed by atoms with Gasteiger partial charge in [-0.1, -0.05) is 53.5 Å². The van der Waals surface area contributed by atoms with Crippen molar-refractivity contribution in [2.45, 2.75) is 10.6 Å². The Morgan fingerprint density at radius 3 is 2.39 bits per heavy atom. The molecule has 0 radical (unpaired) electrons. The van der Waals surface area contributed by atoms with Crippen LogP contribution < -0.4 is 4.74 Å². The number of halogens is 2. The molecule has 0 aliphatic carbocycles. The van der Waals surface area contributed by atoms with Gasteiger partial charge in [-0.05, 0) is 17.7 Å². The van der Waals surface area contributed by atoms with E-state index < -0.39 is 0 Å². The minimum Gasteiger partial charge on any atom is -0.495 e. The predicted molar refractivity (Wildman–Crippen MR) is 79.0 cm³/mol. The van der Waals surface area contributed by atoms with Gasteiger partial charge in [0.1, 0.15) is 10.8 Å². The highest BCUT2D eigenvalue weighted by atomic mass is 35.5. The molecular weight excluding hydrogens is 287 g/mol. The largest absolute Gasteiger partial charge is 0.495 e. The summed E-state index contributed by atoms with van der Waals surface area (Å²) in [7, 11) is 1.58. The lowest BCUT2D eigenvalue weighted by molar-refractivity contribution is 0.415. The molecular formula is C14H12Cl2OS. The molecule has 0 aromatic heterocycles. The summed E-state index contributed by atoms with van der Waals surface area (Å²) in [6.07, 6.45) is 0. The van der Waals surface area contributed by atoms with Gasteiger partial charge in [0.05, 0.1) is 12.1 Å². The van der Waals surface area contributed by atoms with Crippen molar-refractivity contribution >= 4 is 35.0 Å². The van der Waals surface area contributed by atoms with Gasteiger partial charge in [-0.15, -0.1) is 11.8 Å². The van der Waals surface area contributed by atoms with Gasteiger partial charge in [-0.2, -0.15) is 0 Å². The van der Waals surface area contributed by atoms with Crippen molar-refractivity contribution in [3.05, 3.63) is 58.1 Å². The Labute approximate surface area is 121 Å². The molecule has 18 heavy (non-hydrogen) atoms. The van der Waals surface area contributed by atoms with Crippen molar-refractivity contribution in [1.29, 1.82) is 0 Å². The fraction of sp³-hybridized carbons (Fsp3) is 0.143. The zero-order chi connectivity index (χ0) is 13.0. The van der Waals surface area contributed by atoms with Gasteiger partial charge in [0, 0.05) is 10.6 Å². The number of methoxy groups -OCH3 is 1. The molecule has 0 aliphatic rings. The van der Waals surface area contributed by atoms with E-state index in [9.17, 15) is 0 Å². The zero-order valence-corrected chi connectivity index (χ0v) is 12.1. The number of ether oxygens (including phenoxy) is 1. The number of benzene rings is 2. The average molecular weight is 299 g/mol. The summed E-state index contributed by atoms with van der Waals surface area (Å²) < 4.78 is 5.12. The molecule has 1 nitrogen and oxygen atoms in total. The van der Waals surface area contributed by atoms with E-state index in [2.05, 4.69) is 12.1 Å². The fourth-order valence-electron chi connectivity index (χ4n) is 1.52. The maximum atomic E-state index is 6.21. The van der Waals surface area contributed by atoms with E-state index in [1.807, 2.05) is 30.3 Å². The molecule has 0 heterocycles. The van der Waals surface area contributed by atoms with E-state index in [4.69, 9.17) is 27.9 Å². The Morgan fingerprint density at radius 2 is 1.72 bits per heavy atom. The lowest BCUT2D eigenvalue weighted by Gasteiger charge is -2.09. The summed E-state index contributed by atoms with van der Waals surface area (Å²) in [5, 5.41) is 1.02. The van der Waals surface area contributed by atoms with Gasteiger partial charge >= 0.3 is 0 Å². The number of hydrogen-bond donors (Lipinski definition) is 0. The Hall–Kier alpha value is -0.830. The van der Waals surface area contributed by atoms with E-state index >= 15 is 0 Å². The van der Waals surface area contributed by atoms with E-state index in [1.54, 1.807) is 18.9 Å². The highest BCUT2D eigenvalue weighted by Crippen LogP contribution is 2.39. The lowest BCUT2D eigenvalue weighted by atomic mass is 10.2. The molecule has 2 rings (SSSR count). The molecule has 0 bridgehead atoms. The van der Waals surface area contributed by atoms with E-state index in [0.717, 1.165) is 10.6 Å². The number of rotatable bonds is 4. The molecule has 0 unspecified atom stereocenters. The van der Waals surface area contributed by atoms with Gasteiger partial charge in [0.15, 0.2) is 0 Å². The summed E-state index contributed by atoms with van der Waals surface area (Å²) in [4.78, 5) is 0.964. The first-order valence-electron chi connectivity index (χ1n) is 5.41. The Kier molecular flexibility index (Phi) is 4.81. The van der Waals surface area contributed by atoms with Crippen LogP contribution in [0.5, 0.6) is 5.75 Å². The van der Waals surface area contributed by atoms with Crippen LogP contribution in [0.15, 0.2) is 47.4 Å². The lowest BCUT2D eigenvalue weighted by Crippen LogP contribution is -1.87. The zero-order valence-electron chi connectivity index (χ0n) is 9.82. The van der Waals surface area contributed by atoms with Crippen molar-refractivity contribution in [3.8, 4) is 5.75 Å². The third-order valence-electron chi connectivity index (χ3n) is 2.47. The second-order valence-electron chi connectivity index (χ2n) is 3.67. The normalized spacial score (nSPS) is 10.4. The molecule has 0 atom stereocenters. The average Bonchev–Trinajstić information content (AvgIpc) is 2.42. The fourth-order valence-corrected chi connectivity index (χ4v) is 3.04. The molecule has 0 spiro atoms. The SMILES string of the molecule is COc1ccc(SCc2ccccc2)c(Cl)c1Cl. The van der Waals surface area contributed by atoms with Crippen LogP contribution in [0.3, 0.4) is 0 Å². The highest BCUT2D eigenvalue weighted by Gasteiger charge is 2.10. The summed E-state index contributed by atoms with van der Waals surface area (Å²) >= 11 is 14.0. The monoisotopic (exact) mass is 298 g/mol. The maximum Gasteiger partial charge on any atom is 0.139 e. The molecule has 0 saturated carbocycles. The van der Waals surface area contributed by atoms with Crippen LogP contribution in [0.2, 0.25) is 10.0 Å². The molecule has 0 aliphatic heterocycles. The van der Waals surface area contributed by atoms with Gasteiger partial charge in [0.25, 0.3) is 0 Å². The van der Waals surface area contributed by atoms with E-state index in [0.29, 0.717) is 15.8 Å². The Balaban J connectivity index is 2.13. The third kappa shape index (κ3) is 3.14. The van der Waals surface area contributed by atoms with Gasteiger partial charge in [-0.3, -0.25) is 0 Å². The molecule has 0 fully saturated rings. The van der Waals surface area contributed by atoms with Gasteiger partial charge in [-0.25, -0.2) is 0 Å². The molecule has 0 saturated heterocycles. The first-order valence-corrected chi connectivity index (χ1v) is 7.15. The molecule has 0 amide bonds. The highest BCUT2D eigenvalue weighted by molar-refractivity contribution is 7.98. The van der Waals surface area contributed by atoms with Crippen LogP contribution in [-0.2, 0) is 5.75 Å². The summed E-state index contributed by atoms with van der Waals surface area (Å²) in [6.45, 7) is 0. The Bertz CT molecular complexity index is 529. The maximum absolute atomic E-state index is 6.21. The first-order chi connectivity index (χ1) is 8.72. The quantitative estimate of drug-likeness (QED) is 0.709. The summed E-state index contributed by atoms with van der Waals surface area (Å²) in [5.41, 5.74) is 1.26. The van der Waals surface area contributed by atoms with Crippen LogP contribution in [0.25, 0.3) is 0 Å². The Morgan fingerprint density at radius 1 is 1.00 bits per heavy atom. The van der Waals surface area contributed by atoms with Crippen molar-refractivity contribution in [2.75, 3.05) is 7.11 Å². The minimum absolute atomic E-state index is 0.470. The van der Waals surface area contributed by atoms with Crippen LogP contribution in [0, 0.1) is 0 Å². The second kappa shape index (κ2) is 6.37. The third-order valence-corrected chi connectivity index (χ3v) is 4.57. The molecule has 94 valence electrons. The van der Waals surface area contributed by atoms with Gasteiger partial charge < -0.3 is 4.74 Å². The predicted octanol–water partition coefficient (Wildman–Crippen LogP) is 5.29. The number of thioether (sulfide) groups is 1. The van der Waals surface area contributed by atoms with Crippen molar-refractivity contribution < 1.29 is 4.74 Å². The molecule has 2 aromatic rings. The topological polar surface area (TPSA) is 9.23 Å². The van der Waals surface area contributed by atoms with Crippen LogP contribution in [-0.4, -0.2) is 7.11 Å². The molecule has 2 aromatic carbocycles. The summed E-state index contributed by atoms with van der Waals surface area (Å²) in [5.74, 6) is 1.47. The van der Waals surface area contributed by atoms with Crippen molar-refractivity contribution in [2.24, 2.45) is 0 Å². The van der Waals surface area contributed by atoms with E-state index in [1.165, 1.54) is 5.56 Å². The van der Waals surface area contributed by atoms with E-state index in [-0.39, 0.29) is 0 Å². The molecule has 4 heteroatoms. The van der Waals surface area contributed by atoms with Crippen LogP contribution >= 0.6 is 35.0 Å².